The fourth-order valence-corrected chi connectivity index (χ4v) is 1.78. The third-order valence-electron chi connectivity index (χ3n) is 2.62. The van der Waals surface area contributed by atoms with Gasteiger partial charge in [-0.2, -0.15) is 0 Å². The van der Waals surface area contributed by atoms with Gasteiger partial charge in [0, 0.05) is 18.5 Å². The highest BCUT2D eigenvalue weighted by atomic mass is 16.5. The van der Waals surface area contributed by atoms with E-state index in [9.17, 15) is 4.79 Å². The molecule has 1 unspecified atom stereocenters. The van der Waals surface area contributed by atoms with Crippen LogP contribution < -0.4 is 5.32 Å². The van der Waals surface area contributed by atoms with Crippen LogP contribution in [-0.2, 0) is 4.74 Å². The molecule has 15 heavy (non-hydrogen) atoms. The summed E-state index contributed by atoms with van der Waals surface area (Å²) in [7, 11) is 1.33. The second-order valence-electron chi connectivity index (χ2n) is 3.65. The minimum absolute atomic E-state index is 0.248. The summed E-state index contributed by atoms with van der Waals surface area (Å²) >= 11 is 0. The van der Waals surface area contributed by atoms with Crippen molar-refractivity contribution in [2.75, 3.05) is 20.2 Å². The van der Waals surface area contributed by atoms with Crippen LogP contribution in [0.25, 0.3) is 0 Å². The molecule has 1 atom stereocenters. The minimum atomic E-state index is -0.450. The number of nitrogens with one attached hydrogen (secondary N) is 1. The number of carbonyl (C=O) groups excluding carboxylic acids is 1. The van der Waals surface area contributed by atoms with Crippen molar-refractivity contribution in [3.8, 4) is 0 Å². The van der Waals surface area contributed by atoms with Gasteiger partial charge in [-0.25, -0.2) is 4.79 Å². The second-order valence-corrected chi connectivity index (χ2v) is 3.65. The number of methoxy groups -OCH3 is 1. The predicted molar refractivity (Wildman–Crippen MR) is 52.7 cm³/mol. The minimum Gasteiger partial charge on any atom is -0.464 e. The first kappa shape index (κ1) is 10.2. The highest BCUT2D eigenvalue weighted by Crippen LogP contribution is 2.23. The van der Waals surface area contributed by atoms with Crippen molar-refractivity contribution >= 4 is 5.97 Å². The number of piperidine rings is 1. The summed E-state index contributed by atoms with van der Waals surface area (Å²) in [6.45, 7) is 1.93. The van der Waals surface area contributed by atoms with Crippen molar-refractivity contribution < 1.29 is 14.1 Å². The summed E-state index contributed by atoms with van der Waals surface area (Å²) in [5, 5.41) is 6.97. The van der Waals surface area contributed by atoms with E-state index in [1.165, 1.54) is 7.11 Å². The summed E-state index contributed by atoms with van der Waals surface area (Å²) in [4.78, 5) is 11.1. The predicted octanol–water partition coefficient (Wildman–Crippen LogP) is 0.928. The largest absolute Gasteiger partial charge is 0.464 e. The second kappa shape index (κ2) is 4.44. The van der Waals surface area contributed by atoms with Crippen LogP contribution in [0.4, 0.5) is 0 Å². The van der Waals surface area contributed by atoms with Gasteiger partial charge in [-0.15, -0.1) is 0 Å². The first-order valence-electron chi connectivity index (χ1n) is 5.07. The van der Waals surface area contributed by atoms with Gasteiger partial charge >= 0.3 is 5.97 Å². The molecule has 1 aliphatic rings. The molecule has 82 valence electrons. The molecule has 5 nitrogen and oxygen atoms in total. The average Bonchev–Trinajstić information content (AvgIpc) is 2.78. The van der Waals surface area contributed by atoms with Crippen LogP contribution >= 0.6 is 0 Å². The number of nitrogens with zero attached hydrogens (tertiary/aromatic N) is 1. The molecule has 1 saturated heterocycles. The zero-order valence-corrected chi connectivity index (χ0v) is 8.66. The van der Waals surface area contributed by atoms with E-state index < -0.39 is 5.97 Å². The summed E-state index contributed by atoms with van der Waals surface area (Å²) in [6.07, 6.45) is 2.20. The molecule has 1 aromatic heterocycles. The maximum atomic E-state index is 11.1. The highest BCUT2D eigenvalue weighted by molar-refractivity contribution is 5.86. The lowest BCUT2D eigenvalue weighted by molar-refractivity contribution is 0.0589. The Balaban J connectivity index is 2.08. The standard InChI is InChI=1S/C10H14N2O3/c1-14-10(13)8-5-9(15-12-8)7-3-2-4-11-6-7/h5,7,11H,2-4,6H2,1H3. The van der Waals surface area contributed by atoms with Crippen molar-refractivity contribution in [1.29, 1.82) is 0 Å². The summed E-state index contributed by atoms with van der Waals surface area (Å²) in [6, 6.07) is 1.67. The maximum Gasteiger partial charge on any atom is 0.360 e. The van der Waals surface area contributed by atoms with E-state index in [0.717, 1.165) is 31.7 Å². The molecule has 0 saturated carbocycles. The first-order chi connectivity index (χ1) is 7.31. The van der Waals surface area contributed by atoms with Crippen LogP contribution in [0.15, 0.2) is 10.6 Å². The lowest BCUT2D eigenvalue weighted by Crippen LogP contribution is -2.28. The summed E-state index contributed by atoms with van der Waals surface area (Å²) in [5.74, 6) is 0.640. The number of aromatic nitrogens is 1. The van der Waals surface area contributed by atoms with E-state index in [1.54, 1.807) is 6.07 Å². The number of esters is 1. The van der Waals surface area contributed by atoms with Crippen LogP contribution in [0.5, 0.6) is 0 Å². The summed E-state index contributed by atoms with van der Waals surface area (Å²) < 4.78 is 9.70. The Bertz CT molecular complexity index is 342. The molecular formula is C10H14N2O3. The molecule has 0 bridgehead atoms. The van der Waals surface area contributed by atoms with Crippen molar-refractivity contribution in [1.82, 2.24) is 10.5 Å². The van der Waals surface area contributed by atoms with Gasteiger partial charge in [0.15, 0.2) is 5.69 Å². The van der Waals surface area contributed by atoms with Gasteiger partial charge in [-0.3, -0.25) is 0 Å². The van der Waals surface area contributed by atoms with Crippen molar-refractivity contribution in [3.05, 3.63) is 17.5 Å². The van der Waals surface area contributed by atoms with E-state index in [1.807, 2.05) is 0 Å². The Kier molecular flexibility index (Phi) is 3.01. The van der Waals surface area contributed by atoms with Crippen LogP contribution in [0, 0.1) is 0 Å². The Morgan fingerprint density at radius 1 is 1.73 bits per heavy atom. The van der Waals surface area contributed by atoms with Gasteiger partial charge in [-0.1, -0.05) is 5.16 Å². The molecule has 2 rings (SSSR count). The number of hydrogen-bond acceptors (Lipinski definition) is 5. The fraction of sp³-hybridized carbons (Fsp3) is 0.600. The number of hydrogen-bond donors (Lipinski definition) is 1. The van der Waals surface area contributed by atoms with Crippen LogP contribution in [0.2, 0.25) is 0 Å². The maximum absolute atomic E-state index is 11.1. The molecule has 0 spiro atoms. The van der Waals surface area contributed by atoms with E-state index in [-0.39, 0.29) is 5.69 Å². The Morgan fingerprint density at radius 2 is 2.60 bits per heavy atom. The molecule has 1 aromatic rings. The Labute approximate surface area is 87.8 Å². The molecule has 0 amide bonds. The van der Waals surface area contributed by atoms with Crippen molar-refractivity contribution in [3.63, 3.8) is 0 Å². The van der Waals surface area contributed by atoms with E-state index >= 15 is 0 Å². The van der Waals surface area contributed by atoms with Crippen LogP contribution in [-0.4, -0.2) is 31.3 Å². The molecule has 0 aliphatic carbocycles. The molecular weight excluding hydrogens is 196 g/mol. The van der Waals surface area contributed by atoms with Crippen molar-refractivity contribution in [2.45, 2.75) is 18.8 Å². The van der Waals surface area contributed by atoms with Gasteiger partial charge in [0.05, 0.1) is 7.11 Å². The molecule has 0 radical (unpaired) electrons. The first-order valence-corrected chi connectivity index (χ1v) is 5.07. The number of carbonyl (C=O) groups is 1. The zero-order valence-electron chi connectivity index (χ0n) is 8.66. The monoisotopic (exact) mass is 210 g/mol. The Hall–Kier alpha value is -1.36. The fourth-order valence-electron chi connectivity index (χ4n) is 1.78. The van der Waals surface area contributed by atoms with Gasteiger partial charge < -0.3 is 14.6 Å². The smallest absolute Gasteiger partial charge is 0.360 e. The van der Waals surface area contributed by atoms with Gasteiger partial charge in [0.1, 0.15) is 5.76 Å². The third-order valence-corrected chi connectivity index (χ3v) is 2.62. The molecule has 0 aromatic carbocycles. The van der Waals surface area contributed by atoms with E-state index in [2.05, 4.69) is 15.2 Å². The van der Waals surface area contributed by atoms with Gasteiger partial charge in [-0.05, 0) is 19.4 Å². The lowest BCUT2D eigenvalue weighted by Gasteiger charge is -2.19. The normalized spacial score (nSPS) is 21.3. The third kappa shape index (κ3) is 2.18. The molecule has 1 fully saturated rings. The van der Waals surface area contributed by atoms with Gasteiger partial charge in [0.25, 0.3) is 0 Å². The average molecular weight is 210 g/mol. The summed E-state index contributed by atoms with van der Waals surface area (Å²) in [5.41, 5.74) is 0.248. The Morgan fingerprint density at radius 3 is 3.27 bits per heavy atom. The molecule has 2 heterocycles. The quantitative estimate of drug-likeness (QED) is 0.735. The highest BCUT2D eigenvalue weighted by Gasteiger charge is 2.21. The zero-order chi connectivity index (χ0) is 10.7. The van der Waals surface area contributed by atoms with Crippen molar-refractivity contribution in [2.24, 2.45) is 0 Å². The van der Waals surface area contributed by atoms with Crippen LogP contribution in [0.3, 0.4) is 0 Å². The molecule has 1 N–H and O–H groups in total. The van der Waals surface area contributed by atoms with E-state index in [0.29, 0.717) is 5.92 Å². The van der Waals surface area contributed by atoms with Gasteiger partial charge in [0.2, 0.25) is 0 Å². The topological polar surface area (TPSA) is 64.4 Å². The lowest BCUT2D eigenvalue weighted by atomic mass is 9.97. The van der Waals surface area contributed by atoms with Crippen LogP contribution in [0.1, 0.15) is 35.0 Å². The number of ether oxygens (including phenoxy) is 1. The number of rotatable bonds is 2. The molecule has 5 heteroatoms. The van der Waals surface area contributed by atoms with E-state index in [4.69, 9.17) is 4.52 Å². The SMILES string of the molecule is COC(=O)c1cc(C2CCCNC2)on1. The molecule has 1 aliphatic heterocycles.